The smallest absolute Gasteiger partial charge is 0.416 e. The lowest BCUT2D eigenvalue weighted by molar-refractivity contribution is -0.138. The molecule has 0 aromatic heterocycles. The van der Waals surface area contributed by atoms with Crippen LogP contribution in [0.25, 0.3) is 0 Å². The molecule has 1 fully saturated rings. The Labute approximate surface area is 226 Å². The van der Waals surface area contributed by atoms with Crippen molar-refractivity contribution in [2.75, 3.05) is 37.1 Å². The van der Waals surface area contributed by atoms with Crippen molar-refractivity contribution in [3.63, 3.8) is 0 Å². The molecule has 0 saturated carbocycles. The monoisotopic (exact) mass is 539 g/mol. The van der Waals surface area contributed by atoms with Gasteiger partial charge in [0.15, 0.2) is 0 Å². The van der Waals surface area contributed by atoms with Crippen LogP contribution >= 0.6 is 0 Å². The average Bonchev–Trinajstić information content (AvgIpc) is 2.93. The number of carbonyl (C=O) groups is 1. The van der Waals surface area contributed by atoms with Gasteiger partial charge in [-0.2, -0.15) is 13.2 Å². The molecule has 206 valence electrons. The maximum atomic E-state index is 14.0. The first-order valence-electron chi connectivity index (χ1n) is 13.0. The summed E-state index contributed by atoms with van der Waals surface area (Å²) >= 11 is 0. The Hall–Kier alpha value is -3.88. The van der Waals surface area contributed by atoms with Gasteiger partial charge >= 0.3 is 12.2 Å². The van der Waals surface area contributed by atoms with Gasteiger partial charge in [-0.05, 0) is 54.7 Å². The third-order valence-electron chi connectivity index (χ3n) is 7.68. The number of halogens is 3. The average molecular weight is 540 g/mol. The van der Waals surface area contributed by atoms with E-state index in [1.807, 2.05) is 29.2 Å². The molecule has 3 aromatic carbocycles. The van der Waals surface area contributed by atoms with Crippen LogP contribution in [0.4, 0.5) is 29.3 Å². The van der Waals surface area contributed by atoms with Crippen molar-refractivity contribution >= 4 is 17.4 Å². The molecular formula is C30H32F3N3O3. The van der Waals surface area contributed by atoms with E-state index in [1.165, 1.54) is 24.1 Å². The second kappa shape index (κ2) is 10.7. The number of rotatable bonds is 6. The maximum absolute atomic E-state index is 14.0. The van der Waals surface area contributed by atoms with Gasteiger partial charge in [0.2, 0.25) is 0 Å². The van der Waals surface area contributed by atoms with Crippen LogP contribution in [-0.2, 0) is 19.3 Å². The SMILES string of the molecule is COc1cccc(C)c1N1CCC(N2Cc3cccc(OC)c3N(Cc3ccccc3C(F)(F)F)C2=O)CC1. The third kappa shape index (κ3) is 5.10. The Bertz CT molecular complexity index is 1350. The molecule has 2 heterocycles. The molecule has 3 aromatic rings. The number of nitrogens with zero attached hydrogens (tertiary/aromatic N) is 3. The summed E-state index contributed by atoms with van der Waals surface area (Å²) in [6, 6.07) is 16.5. The number of urea groups is 1. The van der Waals surface area contributed by atoms with E-state index in [9.17, 15) is 18.0 Å². The molecule has 6 nitrogen and oxygen atoms in total. The molecular weight excluding hydrogens is 507 g/mol. The van der Waals surface area contributed by atoms with Crippen molar-refractivity contribution in [2.45, 2.75) is 45.1 Å². The Morgan fingerprint density at radius 3 is 2.18 bits per heavy atom. The van der Waals surface area contributed by atoms with Crippen molar-refractivity contribution in [1.82, 2.24) is 4.90 Å². The number of alkyl halides is 3. The van der Waals surface area contributed by atoms with Gasteiger partial charge in [0.1, 0.15) is 11.5 Å². The predicted octanol–water partition coefficient (Wildman–Crippen LogP) is 6.64. The lowest BCUT2D eigenvalue weighted by Crippen LogP contribution is -2.54. The largest absolute Gasteiger partial charge is 0.495 e. The maximum Gasteiger partial charge on any atom is 0.416 e. The van der Waals surface area contributed by atoms with Crippen LogP contribution in [0.15, 0.2) is 60.7 Å². The van der Waals surface area contributed by atoms with E-state index >= 15 is 0 Å². The Balaban J connectivity index is 1.44. The molecule has 0 aliphatic carbocycles. The number of fused-ring (bicyclic) bond motifs is 1. The van der Waals surface area contributed by atoms with Crippen molar-refractivity contribution in [2.24, 2.45) is 0 Å². The molecule has 0 atom stereocenters. The number of para-hydroxylation sites is 2. The summed E-state index contributed by atoms with van der Waals surface area (Å²) < 4.78 is 52.6. The molecule has 2 aliphatic rings. The van der Waals surface area contributed by atoms with Crippen LogP contribution in [-0.4, -0.2) is 44.3 Å². The number of anilines is 2. The van der Waals surface area contributed by atoms with Gasteiger partial charge < -0.3 is 19.3 Å². The fraction of sp³-hybridized carbons (Fsp3) is 0.367. The van der Waals surface area contributed by atoms with E-state index in [-0.39, 0.29) is 24.2 Å². The normalized spacial score (nSPS) is 16.4. The fourth-order valence-corrected chi connectivity index (χ4v) is 5.81. The number of piperidine rings is 1. The molecule has 39 heavy (non-hydrogen) atoms. The number of carbonyl (C=O) groups excluding carboxylic acids is 1. The summed E-state index contributed by atoms with van der Waals surface area (Å²) in [5, 5.41) is 0. The van der Waals surface area contributed by atoms with Crippen molar-refractivity contribution in [1.29, 1.82) is 0 Å². The van der Waals surface area contributed by atoms with Gasteiger partial charge in [0, 0.05) is 25.7 Å². The highest BCUT2D eigenvalue weighted by atomic mass is 19.4. The van der Waals surface area contributed by atoms with E-state index in [4.69, 9.17) is 9.47 Å². The summed E-state index contributed by atoms with van der Waals surface area (Å²) in [7, 11) is 3.17. The van der Waals surface area contributed by atoms with Crippen molar-refractivity contribution in [3.05, 3.63) is 82.9 Å². The highest BCUT2D eigenvalue weighted by Gasteiger charge is 2.40. The van der Waals surface area contributed by atoms with Gasteiger partial charge in [-0.25, -0.2) is 4.79 Å². The van der Waals surface area contributed by atoms with E-state index in [2.05, 4.69) is 17.9 Å². The van der Waals surface area contributed by atoms with E-state index in [1.54, 1.807) is 19.2 Å². The lowest BCUT2D eigenvalue weighted by atomic mass is 9.98. The Morgan fingerprint density at radius 1 is 0.872 bits per heavy atom. The first-order chi connectivity index (χ1) is 18.7. The molecule has 5 rings (SSSR count). The molecule has 0 unspecified atom stereocenters. The van der Waals surface area contributed by atoms with Crippen LogP contribution in [0, 0.1) is 6.92 Å². The summed E-state index contributed by atoms with van der Waals surface area (Å²) in [5.41, 5.74) is 2.85. The number of methoxy groups -OCH3 is 2. The quantitative estimate of drug-likeness (QED) is 0.352. The minimum Gasteiger partial charge on any atom is -0.495 e. The van der Waals surface area contributed by atoms with Crippen LogP contribution in [0.3, 0.4) is 0 Å². The highest BCUT2D eigenvalue weighted by molar-refractivity contribution is 5.97. The number of aryl methyl sites for hydroxylation is 1. The molecule has 2 aliphatic heterocycles. The first kappa shape index (κ1) is 26.7. The lowest BCUT2D eigenvalue weighted by Gasteiger charge is -2.45. The van der Waals surface area contributed by atoms with Crippen molar-refractivity contribution in [3.8, 4) is 11.5 Å². The summed E-state index contributed by atoms with van der Waals surface area (Å²) in [6.45, 7) is 3.69. The number of hydrogen-bond acceptors (Lipinski definition) is 4. The molecule has 0 N–H and O–H groups in total. The van der Waals surface area contributed by atoms with E-state index in [0.29, 0.717) is 18.0 Å². The van der Waals surface area contributed by atoms with Gasteiger partial charge in [-0.3, -0.25) is 4.90 Å². The van der Waals surface area contributed by atoms with Crippen LogP contribution in [0.5, 0.6) is 11.5 Å². The molecule has 2 amide bonds. The summed E-state index contributed by atoms with van der Waals surface area (Å²) in [5.74, 6) is 1.28. The van der Waals surface area contributed by atoms with Gasteiger partial charge in [0.05, 0.1) is 37.7 Å². The molecule has 0 spiro atoms. The van der Waals surface area contributed by atoms with Crippen LogP contribution < -0.4 is 19.3 Å². The predicted molar refractivity (Wildman–Crippen MR) is 145 cm³/mol. The van der Waals surface area contributed by atoms with E-state index < -0.39 is 11.7 Å². The Kier molecular flexibility index (Phi) is 7.34. The van der Waals surface area contributed by atoms with Gasteiger partial charge in [-0.1, -0.05) is 42.5 Å². The minimum absolute atomic E-state index is 0.0403. The summed E-state index contributed by atoms with van der Waals surface area (Å²) in [4.78, 5) is 19.5. The second-order valence-electron chi connectivity index (χ2n) is 9.96. The van der Waals surface area contributed by atoms with Crippen molar-refractivity contribution < 1.29 is 27.4 Å². The number of amides is 2. The topological polar surface area (TPSA) is 45.2 Å². The number of hydrogen-bond donors (Lipinski definition) is 0. The molecule has 9 heteroatoms. The van der Waals surface area contributed by atoms with E-state index in [0.717, 1.165) is 54.6 Å². The minimum atomic E-state index is -4.53. The third-order valence-corrected chi connectivity index (χ3v) is 7.68. The van der Waals surface area contributed by atoms with Gasteiger partial charge in [-0.15, -0.1) is 0 Å². The Morgan fingerprint density at radius 2 is 1.51 bits per heavy atom. The van der Waals surface area contributed by atoms with Gasteiger partial charge in [0.25, 0.3) is 0 Å². The highest BCUT2D eigenvalue weighted by Crippen LogP contribution is 2.42. The van der Waals surface area contributed by atoms with Crippen LogP contribution in [0.1, 0.15) is 35.1 Å². The zero-order valence-electron chi connectivity index (χ0n) is 22.3. The number of ether oxygens (including phenoxy) is 2. The molecule has 0 radical (unpaired) electrons. The fourth-order valence-electron chi connectivity index (χ4n) is 5.81. The zero-order valence-corrected chi connectivity index (χ0v) is 22.3. The van der Waals surface area contributed by atoms with Crippen LogP contribution in [0.2, 0.25) is 0 Å². The first-order valence-corrected chi connectivity index (χ1v) is 13.0. The molecule has 1 saturated heterocycles. The standard InChI is InChI=1S/C30H32F3N3O3/c1-20-8-6-12-25(38-2)27(20)34-16-14-23(15-17-34)35-19-22-10-7-13-26(39-3)28(22)36(29(35)37)18-21-9-4-5-11-24(21)30(31,32)33/h4-13,23H,14-19H2,1-3H3. The number of benzene rings is 3. The summed E-state index contributed by atoms with van der Waals surface area (Å²) in [6.07, 6.45) is -3.06. The second-order valence-corrected chi connectivity index (χ2v) is 9.96. The zero-order chi connectivity index (χ0) is 27.7. The molecule has 0 bridgehead atoms.